The molecule has 0 radical (unpaired) electrons. The lowest BCUT2D eigenvalue weighted by molar-refractivity contribution is -0.131. The normalized spacial score (nSPS) is 17.3. The first-order chi connectivity index (χ1) is 12.3. The average molecular weight is 414 g/mol. The van der Waals surface area contributed by atoms with Crippen LogP contribution in [-0.2, 0) is 14.8 Å². The molecule has 2 aromatic rings. The van der Waals surface area contributed by atoms with Gasteiger partial charge in [-0.05, 0) is 19.4 Å². The summed E-state index contributed by atoms with van der Waals surface area (Å²) in [6.45, 7) is 4.76. The lowest BCUT2D eigenvalue weighted by Gasteiger charge is -2.34. The molecule has 26 heavy (non-hydrogen) atoms. The van der Waals surface area contributed by atoms with E-state index in [1.54, 1.807) is 17.2 Å². The minimum Gasteiger partial charge on any atom is -0.339 e. The summed E-state index contributed by atoms with van der Waals surface area (Å²) in [5.41, 5.74) is 1.98. The number of piperazine rings is 1. The number of nitrogens with zero attached hydrogens (tertiary/aromatic N) is 3. The summed E-state index contributed by atoms with van der Waals surface area (Å²) in [5, 5.41) is 1.72. The van der Waals surface area contributed by atoms with E-state index >= 15 is 0 Å². The average Bonchev–Trinajstić information content (AvgIpc) is 3.12. The highest BCUT2D eigenvalue weighted by atomic mass is 35.5. The summed E-state index contributed by atoms with van der Waals surface area (Å²) in [7, 11) is -3.67. The van der Waals surface area contributed by atoms with E-state index in [1.807, 2.05) is 31.2 Å². The van der Waals surface area contributed by atoms with Crippen molar-refractivity contribution in [3.05, 3.63) is 35.2 Å². The molecule has 1 fully saturated rings. The maximum Gasteiger partial charge on any atom is 0.261 e. The van der Waals surface area contributed by atoms with Gasteiger partial charge in [0.1, 0.15) is 10.4 Å². The Hall–Kier alpha value is -1.48. The number of aromatic nitrogens is 1. The van der Waals surface area contributed by atoms with Gasteiger partial charge in [-0.1, -0.05) is 24.3 Å². The summed E-state index contributed by atoms with van der Waals surface area (Å²) < 4.78 is 27.1. The Bertz CT molecular complexity index is 903. The van der Waals surface area contributed by atoms with Gasteiger partial charge in [0.2, 0.25) is 5.91 Å². The number of amides is 1. The van der Waals surface area contributed by atoms with Gasteiger partial charge < -0.3 is 4.90 Å². The van der Waals surface area contributed by atoms with Crippen LogP contribution in [0.3, 0.4) is 0 Å². The van der Waals surface area contributed by atoms with Crippen molar-refractivity contribution in [2.45, 2.75) is 24.3 Å². The van der Waals surface area contributed by atoms with Crippen molar-refractivity contribution in [1.29, 1.82) is 0 Å². The molecule has 1 aliphatic heterocycles. The van der Waals surface area contributed by atoms with Gasteiger partial charge in [0.15, 0.2) is 5.03 Å². The highest BCUT2D eigenvalue weighted by Gasteiger charge is 2.32. The molecule has 0 saturated carbocycles. The molecule has 0 aliphatic carbocycles. The molecule has 0 spiro atoms. The number of rotatable bonds is 4. The molecule has 1 aliphatic rings. The number of hydrogen-bond donors (Lipinski definition) is 0. The number of carbonyl (C=O) groups is 1. The standard InChI is InChI=1S/C17H20ClN3O3S2/c1-12-5-3-4-6-14(12)16-19-15(11-25-16)26(23,24)21-9-7-20(8-10-21)17(22)13(2)18/h3-6,11,13H,7-10H2,1-2H3. The molecule has 2 heterocycles. The van der Waals surface area contributed by atoms with E-state index < -0.39 is 15.4 Å². The van der Waals surface area contributed by atoms with Crippen molar-refractivity contribution in [3.8, 4) is 10.6 Å². The van der Waals surface area contributed by atoms with E-state index in [9.17, 15) is 13.2 Å². The minimum atomic E-state index is -3.67. The molecule has 1 amide bonds. The number of thiazole rings is 1. The maximum absolute atomic E-state index is 12.9. The van der Waals surface area contributed by atoms with Crippen molar-refractivity contribution < 1.29 is 13.2 Å². The third kappa shape index (κ3) is 3.78. The largest absolute Gasteiger partial charge is 0.339 e. The van der Waals surface area contributed by atoms with Gasteiger partial charge in [-0.15, -0.1) is 22.9 Å². The van der Waals surface area contributed by atoms with Crippen molar-refractivity contribution in [2.75, 3.05) is 26.2 Å². The lowest BCUT2D eigenvalue weighted by Crippen LogP contribution is -2.51. The van der Waals surface area contributed by atoms with E-state index in [-0.39, 0.29) is 24.0 Å². The van der Waals surface area contributed by atoms with Crippen molar-refractivity contribution in [3.63, 3.8) is 0 Å². The monoisotopic (exact) mass is 413 g/mol. The predicted molar refractivity (Wildman–Crippen MR) is 103 cm³/mol. The smallest absolute Gasteiger partial charge is 0.261 e. The topological polar surface area (TPSA) is 70.6 Å². The third-order valence-corrected chi connectivity index (χ3v) is 7.35. The van der Waals surface area contributed by atoms with Crippen LogP contribution in [0.5, 0.6) is 0 Å². The van der Waals surface area contributed by atoms with E-state index in [0.29, 0.717) is 18.1 Å². The molecule has 0 bridgehead atoms. The Morgan fingerprint density at radius 1 is 1.23 bits per heavy atom. The number of hydrogen-bond acceptors (Lipinski definition) is 5. The lowest BCUT2D eigenvalue weighted by atomic mass is 10.1. The van der Waals surface area contributed by atoms with Crippen LogP contribution in [-0.4, -0.2) is 60.1 Å². The Balaban J connectivity index is 1.76. The minimum absolute atomic E-state index is 0.0613. The summed E-state index contributed by atoms with van der Waals surface area (Å²) in [5.74, 6) is -0.167. The van der Waals surface area contributed by atoms with Crippen LogP contribution in [0, 0.1) is 6.92 Å². The van der Waals surface area contributed by atoms with E-state index in [2.05, 4.69) is 4.98 Å². The first-order valence-electron chi connectivity index (χ1n) is 8.25. The molecule has 140 valence electrons. The van der Waals surface area contributed by atoms with Gasteiger partial charge in [0, 0.05) is 37.1 Å². The second-order valence-corrected chi connectivity index (χ2v) is 9.55. The SMILES string of the molecule is Cc1ccccc1-c1nc(S(=O)(=O)N2CCN(C(=O)C(C)Cl)CC2)cs1. The summed E-state index contributed by atoms with van der Waals surface area (Å²) in [6, 6.07) is 7.75. The molecule has 1 atom stereocenters. The number of benzene rings is 1. The Labute approximate surface area is 162 Å². The molecular weight excluding hydrogens is 394 g/mol. The van der Waals surface area contributed by atoms with Gasteiger partial charge in [0.05, 0.1) is 0 Å². The molecule has 1 saturated heterocycles. The quantitative estimate of drug-likeness (QED) is 0.722. The van der Waals surface area contributed by atoms with E-state index in [0.717, 1.165) is 11.1 Å². The van der Waals surface area contributed by atoms with Crippen LogP contribution in [0.1, 0.15) is 12.5 Å². The van der Waals surface area contributed by atoms with Crippen molar-refractivity contribution in [2.24, 2.45) is 0 Å². The van der Waals surface area contributed by atoms with Crippen LogP contribution in [0.25, 0.3) is 10.6 Å². The fourth-order valence-electron chi connectivity index (χ4n) is 2.85. The first kappa shape index (κ1) is 19.3. The predicted octanol–water partition coefficient (Wildman–Crippen LogP) is 2.58. The Morgan fingerprint density at radius 3 is 2.50 bits per heavy atom. The van der Waals surface area contributed by atoms with Gasteiger partial charge >= 0.3 is 0 Å². The van der Waals surface area contributed by atoms with Crippen LogP contribution in [0.15, 0.2) is 34.7 Å². The fraction of sp³-hybridized carbons (Fsp3) is 0.412. The number of carbonyl (C=O) groups excluding carboxylic acids is 1. The first-order valence-corrected chi connectivity index (χ1v) is 11.0. The Morgan fingerprint density at radius 2 is 1.88 bits per heavy atom. The van der Waals surface area contributed by atoms with Crippen molar-refractivity contribution >= 4 is 38.9 Å². The van der Waals surface area contributed by atoms with Crippen LogP contribution < -0.4 is 0 Å². The highest BCUT2D eigenvalue weighted by molar-refractivity contribution is 7.89. The zero-order valence-corrected chi connectivity index (χ0v) is 16.9. The summed E-state index contributed by atoms with van der Waals surface area (Å²) >= 11 is 7.14. The molecule has 0 N–H and O–H groups in total. The Kier molecular flexibility index (Phi) is 5.67. The fourth-order valence-corrected chi connectivity index (χ4v) is 5.56. The molecule has 1 unspecified atom stereocenters. The van der Waals surface area contributed by atoms with Gasteiger partial charge in [-0.25, -0.2) is 13.4 Å². The summed E-state index contributed by atoms with van der Waals surface area (Å²) in [6.07, 6.45) is 0. The van der Waals surface area contributed by atoms with Gasteiger partial charge in [0.25, 0.3) is 10.0 Å². The highest BCUT2D eigenvalue weighted by Crippen LogP contribution is 2.29. The molecule has 1 aromatic carbocycles. The van der Waals surface area contributed by atoms with Crippen LogP contribution in [0.4, 0.5) is 0 Å². The van der Waals surface area contributed by atoms with E-state index in [1.165, 1.54) is 15.6 Å². The molecular formula is C17H20ClN3O3S2. The number of alkyl halides is 1. The zero-order chi connectivity index (χ0) is 18.9. The van der Waals surface area contributed by atoms with Crippen LogP contribution in [0.2, 0.25) is 0 Å². The second kappa shape index (κ2) is 7.64. The second-order valence-electron chi connectivity index (χ2n) is 6.15. The summed E-state index contributed by atoms with van der Waals surface area (Å²) in [4.78, 5) is 17.9. The maximum atomic E-state index is 12.9. The van der Waals surface area contributed by atoms with Crippen molar-refractivity contribution in [1.82, 2.24) is 14.2 Å². The van der Waals surface area contributed by atoms with Crippen LogP contribution >= 0.6 is 22.9 Å². The van der Waals surface area contributed by atoms with E-state index in [4.69, 9.17) is 11.6 Å². The number of halogens is 1. The number of aryl methyl sites for hydroxylation is 1. The van der Waals surface area contributed by atoms with Gasteiger partial charge in [-0.3, -0.25) is 4.79 Å². The third-order valence-electron chi connectivity index (χ3n) is 4.35. The molecule has 1 aromatic heterocycles. The molecule has 3 rings (SSSR count). The molecule has 9 heteroatoms. The van der Waals surface area contributed by atoms with Gasteiger partial charge in [-0.2, -0.15) is 4.31 Å². The molecule has 6 nitrogen and oxygen atoms in total. The zero-order valence-electron chi connectivity index (χ0n) is 14.6. The number of sulfonamides is 1.